The average molecular weight is 290 g/mol. The van der Waals surface area contributed by atoms with E-state index < -0.39 is 0 Å². The van der Waals surface area contributed by atoms with E-state index in [1.165, 1.54) is 25.7 Å². The Labute approximate surface area is 123 Å². The van der Waals surface area contributed by atoms with Crippen LogP contribution in [0.5, 0.6) is 11.5 Å². The Bertz CT molecular complexity index is 549. The van der Waals surface area contributed by atoms with Gasteiger partial charge in [-0.1, -0.05) is 6.42 Å². The largest absolute Gasteiger partial charge is 0.454 e. The van der Waals surface area contributed by atoms with Crippen LogP contribution in [-0.4, -0.2) is 17.9 Å². The van der Waals surface area contributed by atoms with Crippen LogP contribution in [0.25, 0.3) is 0 Å². The summed E-state index contributed by atoms with van der Waals surface area (Å²) >= 11 is 5.42. The highest BCUT2D eigenvalue weighted by molar-refractivity contribution is 7.80. The molecule has 2 fully saturated rings. The highest BCUT2D eigenvalue weighted by atomic mass is 32.1. The van der Waals surface area contributed by atoms with Crippen LogP contribution in [-0.2, 0) is 0 Å². The molecule has 2 saturated carbocycles. The molecule has 5 heteroatoms. The zero-order valence-corrected chi connectivity index (χ0v) is 12.0. The van der Waals surface area contributed by atoms with E-state index in [0.29, 0.717) is 17.9 Å². The number of hydrogen-bond donors (Lipinski definition) is 2. The monoisotopic (exact) mass is 290 g/mol. The second kappa shape index (κ2) is 4.81. The quantitative estimate of drug-likeness (QED) is 0.820. The lowest BCUT2D eigenvalue weighted by atomic mass is 9.96. The number of hydrogen-bond acceptors (Lipinski definition) is 3. The van der Waals surface area contributed by atoms with Gasteiger partial charge in [0.05, 0.1) is 0 Å². The van der Waals surface area contributed by atoms with Crippen molar-refractivity contribution in [2.45, 2.75) is 31.7 Å². The Hall–Kier alpha value is -1.49. The number of ether oxygens (including phenoxy) is 2. The van der Waals surface area contributed by atoms with E-state index in [1.807, 2.05) is 18.2 Å². The molecule has 0 amide bonds. The summed E-state index contributed by atoms with van der Waals surface area (Å²) < 4.78 is 10.7. The molecule has 1 aromatic carbocycles. The van der Waals surface area contributed by atoms with Gasteiger partial charge in [-0.3, -0.25) is 0 Å². The van der Waals surface area contributed by atoms with Crippen molar-refractivity contribution in [3.63, 3.8) is 0 Å². The SMILES string of the molecule is S=C(Nc1ccc2c(c1)OCO2)NC1CC2CCC1C2. The Morgan fingerprint density at radius 1 is 1.15 bits per heavy atom. The van der Waals surface area contributed by atoms with Crippen molar-refractivity contribution >= 4 is 23.0 Å². The van der Waals surface area contributed by atoms with Gasteiger partial charge in [-0.15, -0.1) is 0 Å². The second-order valence-corrected chi connectivity index (χ2v) is 6.36. The van der Waals surface area contributed by atoms with Crippen LogP contribution in [0.4, 0.5) is 5.69 Å². The molecule has 4 rings (SSSR count). The fourth-order valence-electron chi connectivity index (χ4n) is 3.73. The molecule has 0 saturated heterocycles. The zero-order valence-electron chi connectivity index (χ0n) is 11.2. The van der Waals surface area contributed by atoms with Gasteiger partial charge in [-0.05, 0) is 55.4 Å². The van der Waals surface area contributed by atoms with Gasteiger partial charge in [0, 0.05) is 17.8 Å². The summed E-state index contributed by atoms with van der Waals surface area (Å²) in [4.78, 5) is 0. The number of thiocarbonyl (C=S) groups is 1. The first kappa shape index (κ1) is 12.3. The van der Waals surface area contributed by atoms with Crippen LogP contribution in [0, 0.1) is 11.8 Å². The van der Waals surface area contributed by atoms with E-state index in [1.54, 1.807) is 0 Å². The average Bonchev–Trinajstić information content (AvgIpc) is 3.13. The van der Waals surface area contributed by atoms with Crippen molar-refractivity contribution in [2.75, 3.05) is 12.1 Å². The van der Waals surface area contributed by atoms with Crippen molar-refractivity contribution in [1.29, 1.82) is 0 Å². The summed E-state index contributed by atoms with van der Waals surface area (Å²) in [6.07, 6.45) is 5.41. The fraction of sp³-hybridized carbons (Fsp3) is 0.533. The molecule has 106 valence electrons. The van der Waals surface area contributed by atoms with Crippen molar-refractivity contribution in [3.8, 4) is 11.5 Å². The number of anilines is 1. The molecule has 1 aliphatic heterocycles. The topological polar surface area (TPSA) is 42.5 Å². The number of fused-ring (bicyclic) bond motifs is 3. The van der Waals surface area contributed by atoms with Crippen molar-refractivity contribution in [1.82, 2.24) is 5.32 Å². The predicted octanol–water partition coefficient (Wildman–Crippen LogP) is 2.89. The summed E-state index contributed by atoms with van der Waals surface area (Å²) in [6.45, 7) is 0.298. The van der Waals surface area contributed by atoms with Gasteiger partial charge in [0.2, 0.25) is 6.79 Å². The van der Waals surface area contributed by atoms with E-state index in [9.17, 15) is 0 Å². The lowest BCUT2D eigenvalue weighted by molar-refractivity contribution is 0.174. The third-order valence-electron chi connectivity index (χ3n) is 4.69. The van der Waals surface area contributed by atoms with Crippen LogP contribution in [0.1, 0.15) is 25.7 Å². The molecule has 0 radical (unpaired) electrons. The summed E-state index contributed by atoms with van der Waals surface area (Å²) in [5.41, 5.74) is 0.940. The number of benzene rings is 1. The summed E-state index contributed by atoms with van der Waals surface area (Å²) in [7, 11) is 0. The first-order valence-electron chi connectivity index (χ1n) is 7.25. The molecule has 0 aromatic heterocycles. The van der Waals surface area contributed by atoms with E-state index in [0.717, 1.165) is 29.0 Å². The lowest BCUT2D eigenvalue weighted by Crippen LogP contribution is -2.40. The molecular formula is C15H18N2O2S. The van der Waals surface area contributed by atoms with Gasteiger partial charge in [0.25, 0.3) is 0 Å². The van der Waals surface area contributed by atoms with Crippen LogP contribution >= 0.6 is 12.2 Å². The fourth-order valence-corrected chi connectivity index (χ4v) is 4.00. The minimum atomic E-state index is 0.298. The predicted molar refractivity (Wildman–Crippen MR) is 81.2 cm³/mol. The van der Waals surface area contributed by atoms with Gasteiger partial charge >= 0.3 is 0 Å². The third-order valence-corrected chi connectivity index (χ3v) is 4.90. The van der Waals surface area contributed by atoms with E-state index in [4.69, 9.17) is 21.7 Å². The smallest absolute Gasteiger partial charge is 0.231 e. The molecule has 3 unspecified atom stereocenters. The highest BCUT2D eigenvalue weighted by Crippen LogP contribution is 2.44. The molecule has 1 aromatic rings. The minimum absolute atomic E-state index is 0.298. The molecule has 4 nitrogen and oxygen atoms in total. The van der Waals surface area contributed by atoms with Gasteiger partial charge in [0.1, 0.15) is 0 Å². The number of nitrogens with one attached hydrogen (secondary N) is 2. The molecule has 2 N–H and O–H groups in total. The first-order valence-corrected chi connectivity index (χ1v) is 7.66. The molecule has 0 spiro atoms. The standard InChI is InChI=1S/C15H18N2O2S/c20-15(17-12-6-9-1-2-10(12)5-9)16-11-3-4-13-14(7-11)19-8-18-13/h3-4,7,9-10,12H,1-2,5-6,8H2,(H2,16,17,20). The zero-order chi connectivity index (χ0) is 13.5. The lowest BCUT2D eigenvalue weighted by Gasteiger charge is -2.24. The van der Waals surface area contributed by atoms with Crippen molar-refractivity contribution in [3.05, 3.63) is 18.2 Å². The third kappa shape index (κ3) is 2.20. The number of rotatable bonds is 2. The molecule has 20 heavy (non-hydrogen) atoms. The van der Waals surface area contributed by atoms with Crippen LogP contribution in [0.2, 0.25) is 0 Å². The van der Waals surface area contributed by atoms with Crippen LogP contribution < -0.4 is 20.1 Å². The molecule has 1 heterocycles. The van der Waals surface area contributed by atoms with E-state index >= 15 is 0 Å². The van der Waals surface area contributed by atoms with E-state index in [2.05, 4.69) is 10.6 Å². The summed E-state index contributed by atoms with van der Waals surface area (Å²) in [5, 5.41) is 7.43. The Balaban J connectivity index is 1.38. The maximum atomic E-state index is 5.42. The van der Waals surface area contributed by atoms with Crippen LogP contribution in [0.3, 0.4) is 0 Å². The van der Waals surface area contributed by atoms with Crippen LogP contribution in [0.15, 0.2) is 18.2 Å². The second-order valence-electron chi connectivity index (χ2n) is 5.95. The van der Waals surface area contributed by atoms with Crippen molar-refractivity contribution in [2.24, 2.45) is 11.8 Å². The minimum Gasteiger partial charge on any atom is -0.454 e. The maximum absolute atomic E-state index is 5.42. The van der Waals surface area contributed by atoms with Gasteiger partial charge in [-0.25, -0.2) is 0 Å². The Morgan fingerprint density at radius 2 is 2.05 bits per heavy atom. The van der Waals surface area contributed by atoms with Crippen molar-refractivity contribution < 1.29 is 9.47 Å². The highest BCUT2D eigenvalue weighted by Gasteiger charge is 2.39. The molecular weight excluding hydrogens is 272 g/mol. The summed E-state index contributed by atoms with van der Waals surface area (Å²) in [6, 6.07) is 6.35. The molecule has 2 bridgehead atoms. The maximum Gasteiger partial charge on any atom is 0.231 e. The van der Waals surface area contributed by atoms with Gasteiger partial charge in [0.15, 0.2) is 16.6 Å². The van der Waals surface area contributed by atoms with Gasteiger partial charge < -0.3 is 20.1 Å². The Morgan fingerprint density at radius 3 is 2.85 bits per heavy atom. The van der Waals surface area contributed by atoms with Gasteiger partial charge in [-0.2, -0.15) is 0 Å². The van der Waals surface area contributed by atoms with E-state index in [-0.39, 0.29) is 0 Å². The molecule has 3 atom stereocenters. The molecule has 2 aliphatic carbocycles. The summed E-state index contributed by atoms with van der Waals surface area (Å²) in [5.74, 6) is 3.31. The molecule has 3 aliphatic rings. The first-order chi connectivity index (χ1) is 9.78. The normalized spacial score (nSPS) is 29.5. The Kier molecular flexibility index (Phi) is 2.95.